The highest BCUT2D eigenvalue weighted by Crippen LogP contribution is 2.20. The summed E-state index contributed by atoms with van der Waals surface area (Å²) in [7, 11) is 1.71. The van der Waals surface area contributed by atoms with Crippen molar-refractivity contribution in [3.8, 4) is 0 Å². The summed E-state index contributed by atoms with van der Waals surface area (Å²) < 4.78 is 0. The number of amides is 2. The van der Waals surface area contributed by atoms with Crippen LogP contribution in [0.4, 0.5) is 0 Å². The van der Waals surface area contributed by atoms with Gasteiger partial charge in [0.05, 0.1) is 12.6 Å². The Bertz CT molecular complexity index is 566. The first-order valence-electron chi connectivity index (χ1n) is 9.13. The van der Waals surface area contributed by atoms with Crippen LogP contribution in [0.3, 0.4) is 0 Å². The zero-order chi connectivity index (χ0) is 18.4. The van der Waals surface area contributed by atoms with E-state index in [4.69, 9.17) is 0 Å². The molecule has 1 aliphatic rings. The van der Waals surface area contributed by atoms with Crippen molar-refractivity contribution in [1.29, 1.82) is 0 Å². The monoisotopic (exact) mass is 346 g/mol. The Morgan fingerprint density at radius 3 is 2.36 bits per heavy atom. The van der Waals surface area contributed by atoms with E-state index in [1.165, 1.54) is 0 Å². The van der Waals surface area contributed by atoms with Gasteiger partial charge in [0.2, 0.25) is 11.8 Å². The number of benzene rings is 1. The predicted octanol–water partition coefficient (Wildman–Crippen LogP) is 1.94. The minimum absolute atomic E-state index is 0.0178. The maximum atomic E-state index is 12.9. The molecule has 1 aromatic rings. The summed E-state index contributed by atoms with van der Waals surface area (Å²) >= 11 is 0. The summed E-state index contributed by atoms with van der Waals surface area (Å²) in [5, 5.41) is 9.55. The van der Waals surface area contributed by atoms with E-state index < -0.39 is 0 Å². The second kappa shape index (κ2) is 8.99. The lowest BCUT2D eigenvalue weighted by Gasteiger charge is -2.32. The summed E-state index contributed by atoms with van der Waals surface area (Å²) in [5.41, 5.74) is 1.14. The van der Waals surface area contributed by atoms with E-state index in [0.29, 0.717) is 32.4 Å². The average molecular weight is 346 g/mol. The number of aliphatic hydroxyl groups is 1. The molecule has 1 atom stereocenters. The van der Waals surface area contributed by atoms with Crippen LogP contribution in [0.1, 0.15) is 32.3 Å². The molecular weight excluding hydrogens is 316 g/mol. The molecular formula is C20H30N2O3. The van der Waals surface area contributed by atoms with E-state index in [0.717, 1.165) is 5.56 Å². The van der Waals surface area contributed by atoms with Crippen LogP contribution in [0.2, 0.25) is 0 Å². The van der Waals surface area contributed by atoms with Crippen molar-refractivity contribution in [3.63, 3.8) is 0 Å². The molecule has 25 heavy (non-hydrogen) atoms. The van der Waals surface area contributed by atoms with E-state index in [9.17, 15) is 14.7 Å². The van der Waals surface area contributed by atoms with Gasteiger partial charge in [0.15, 0.2) is 0 Å². The molecule has 1 fully saturated rings. The molecule has 1 heterocycles. The van der Waals surface area contributed by atoms with Gasteiger partial charge in [0, 0.05) is 26.1 Å². The van der Waals surface area contributed by atoms with Gasteiger partial charge in [-0.3, -0.25) is 9.59 Å². The Kier molecular flexibility index (Phi) is 7.00. The molecule has 0 aromatic heterocycles. The summed E-state index contributed by atoms with van der Waals surface area (Å²) in [6.45, 7) is 5.34. The Hall–Kier alpha value is -1.88. The third-order valence-corrected chi connectivity index (χ3v) is 4.99. The minimum atomic E-state index is -0.306. The Labute approximate surface area is 150 Å². The molecule has 0 saturated carbocycles. The van der Waals surface area contributed by atoms with Crippen LogP contribution in [0.25, 0.3) is 0 Å². The number of piperidine rings is 1. The van der Waals surface area contributed by atoms with Crippen molar-refractivity contribution in [3.05, 3.63) is 35.9 Å². The number of likely N-dealkylation sites (N-methyl/N-ethyl adjacent to an activating group) is 1. The summed E-state index contributed by atoms with van der Waals surface area (Å²) in [6, 6.07) is 10.0. The largest absolute Gasteiger partial charge is 0.393 e. The average Bonchev–Trinajstić information content (AvgIpc) is 2.60. The fourth-order valence-corrected chi connectivity index (χ4v) is 3.26. The van der Waals surface area contributed by atoms with Crippen molar-refractivity contribution in [2.24, 2.45) is 11.8 Å². The normalized spacial score (nSPS) is 16.8. The maximum Gasteiger partial charge on any atom is 0.242 e. The zero-order valence-electron chi connectivity index (χ0n) is 15.5. The first-order chi connectivity index (χ1) is 11.9. The number of rotatable bonds is 6. The molecule has 2 rings (SSSR count). The fraction of sp³-hybridized carbons (Fsp3) is 0.600. The van der Waals surface area contributed by atoms with Crippen LogP contribution in [0.5, 0.6) is 0 Å². The van der Waals surface area contributed by atoms with Crippen molar-refractivity contribution >= 4 is 11.8 Å². The molecule has 1 saturated heterocycles. The molecule has 0 radical (unpaired) electrons. The quantitative estimate of drug-likeness (QED) is 0.856. The van der Waals surface area contributed by atoms with E-state index >= 15 is 0 Å². The van der Waals surface area contributed by atoms with Gasteiger partial charge in [-0.2, -0.15) is 0 Å². The highest BCUT2D eigenvalue weighted by Gasteiger charge is 2.28. The van der Waals surface area contributed by atoms with Crippen molar-refractivity contribution < 1.29 is 14.7 Å². The Balaban J connectivity index is 1.94. The Morgan fingerprint density at radius 1 is 1.20 bits per heavy atom. The van der Waals surface area contributed by atoms with Crippen LogP contribution in [-0.2, 0) is 16.0 Å². The van der Waals surface area contributed by atoms with Gasteiger partial charge in [-0.25, -0.2) is 0 Å². The molecule has 1 N–H and O–H groups in total. The number of likely N-dealkylation sites (tertiary alicyclic amines) is 1. The van der Waals surface area contributed by atoms with Gasteiger partial charge in [-0.05, 0) is 30.7 Å². The van der Waals surface area contributed by atoms with Gasteiger partial charge in [0.1, 0.15) is 0 Å². The topological polar surface area (TPSA) is 60.9 Å². The van der Waals surface area contributed by atoms with E-state index in [2.05, 4.69) is 0 Å². The predicted molar refractivity (Wildman–Crippen MR) is 97.9 cm³/mol. The van der Waals surface area contributed by atoms with Crippen LogP contribution in [0.15, 0.2) is 30.3 Å². The van der Waals surface area contributed by atoms with Crippen molar-refractivity contribution in [2.45, 2.75) is 39.2 Å². The molecule has 5 nitrogen and oxygen atoms in total. The molecule has 0 aliphatic carbocycles. The van der Waals surface area contributed by atoms with Crippen molar-refractivity contribution in [1.82, 2.24) is 9.80 Å². The second-order valence-corrected chi connectivity index (χ2v) is 7.35. The van der Waals surface area contributed by atoms with Crippen LogP contribution in [-0.4, -0.2) is 59.5 Å². The van der Waals surface area contributed by atoms with Crippen LogP contribution >= 0.6 is 0 Å². The number of aliphatic hydroxyl groups excluding tert-OH is 1. The Morgan fingerprint density at radius 2 is 1.80 bits per heavy atom. The third-order valence-electron chi connectivity index (χ3n) is 4.99. The molecule has 1 aliphatic heterocycles. The first kappa shape index (κ1) is 19.4. The highest BCUT2D eigenvalue weighted by atomic mass is 16.3. The number of carbonyl (C=O) groups excluding carboxylic acids is 2. The molecule has 1 aromatic carbocycles. The van der Waals surface area contributed by atoms with Gasteiger partial charge < -0.3 is 14.9 Å². The molecule has 0 bridgehead atoms. The number of hydrogen-bond donors (Lipinski definition) is 1. The number of carbonyl (C=O) groups is 2. The smallest absolute Gasteiger partial charge is 0.242 e. The van der Waals surface area contributed by atoms with Gasteiger partial charge in [0.25, 0.3) is 0 Å². The third kappa shape index (κ3) is 5.56. The fourth-order valence-electron chi connectivity index (χ4n) is 3.26. The molecule has 2 amide bonds. The van der Waals surface area contributed by atoms with Crippen LogP contribution < -0.4 is 0 Å². The number of hydrogen-bond acceptors (Lipinski definition) is 3. The molecule has 5 heteroatoms. The van der Waals surface area contributed by atoms with E-state index in [1.54, 1.807) is 16.8 Å². The lowest BCUT2D eigenvalue weighted by Crippen LogP contribution is -2.47. The molecule has 138 valence electrons. The maximum absolute atomic E-state index is 12.9. The van der Waals surface area contributed by atoms with Crippen molar-refractivity contribution in [2.75, 3.05) is 26.7 Å². The standard InChI is InChI=1S/C20H30N2O3/c1-15(2)18(13-16-7-5-4-6-8-16)20(25)21(3)14-19(24)22-11-9-17(23)10-12-22/h4-8,15,17-18,23H,9-14H2,1-3H3. The lowest BCUT2D eigenvalue weighted by atomic mass is 9.88. The lowest BCUT2D eigenvalue weighted by molar-refractivity contribution is -0.143. The van der Waals surface area contributed by atoms with Crippen LogP contribution in [0, 0.1) is 11.8 Å². The zero-order valence-corrected chi connectivity index (χ0v) is 15.5. The van der Waals surface area contributed by atoms with Gasteiger partial charge in [-0.1, -0.05) is 44.2 Å². The number of nitrogens with zero attached hydrogens (tertiary/aromatic N) is 2. The molecule has 0 spiro atoms. The minimum Gasteiger partial charge on any atom is -0.393 e. The molecule has 1 unspecified atom stereocenters. The van der Waals surface area contributed by atoms with E-state index in [-0.39, 0.29) is 36.3 Å². The highest BCUT2D eigenvalue weighted by molar-refractivity contribution is 5.86. The second-order valence-electron chi connectivity index (χ2n) is 7.35. The van der Waals surface area contributed by atoms with E-state index in [1.807, 2.05) is 44.2 Å². The van der Waals surface area contributed by atoms with Gasteiger partial charge >= 0.3 is 0 Å². The summed E-state index contributed by atoms with van der Waals surface area (Å²) in [4.78, 5) is 28.6. The van der Waals surface area contributed by atoms with Gasteiger partial charge in [-0.15, -0.1) is 0 Å². The summed E-state index contributed by atoms with van der Waals surface area (Å²) in [5.74, 6) is 0.0491. The summed E-state index contributed by atoms with van der Waals surface area (Å²) in [6.07, 6.45) is 1.61. The SMILES string of the molecule is CC(C)C(Cc1ccccc1)C(=O)N(C)CC(=O)N1CCC(O)CC1. The first-order valence-corrected chi connectivity index (χ1v) is 9.13.